The Morgan fingerprint density at radius 2 is 1.02 bits per heavy atom. The van der Waals surface area contributed by atoms with Gasteiger partial charge >= 0.3 is 0 Å². The first kappa shape index (κ1) is 22.3. The zero-order chi connectivity index (χ0) is 26.9. The molecule has 41 heavy (non-hydrogen) atoms. The maximum Gasteiger partial charge on any atom is 0.146 e. The van der Waals surface area contributed by atoms with Crippen LogP contribution in [0.4, 0.5) is 0 Å². The predicted octanol–water partition coefficient (Wildman–Crippen LogP) is 9.83. The van der Waals surface area contributed by atoms with Crippen molar-refractivity contribution in [2.45, 2.75) is 0 Å². The third-order valence-corrected chi connectivity index (χ3v) is 8.31. The maximum absolute atomic E-state index is 5.14. The molecular weight excluding hydrogens is 498 g/mol. The second-order valence-corrected chi connectivity index (χ2v) is 10.7. The van der Waals surface area contributed by atoms with Gasteiger partial charge in [0, 0.05) is 21.9 Å². The van der Waals surface area contributed by atoms with Gasteiger partial charge < -0.3 is 0 Å². The summed E-state index contributed by atoms with van der Waals surface area (Å²) in [5.74, 6) is 0. The number of imidazole rings is 1. The van der Waals surface area contributed by atoms with E-state index in [4.69, 9.17) is 9.97 Å². The van der Waals surface area contributed by atoms with Crippen LogP contribution in [0, 0.1) is 0 Å². The molecule has 0 aliphatic carbocycles. The molecule has 3 aromatic heterocycles. The van der Waals surface area contributed by atoms with Crippen LogP contribution in [0.3, 0.4) is 0 Å². The van der Waals surface area contributed by atoms with Crippen LogP contribution in [0.15, 0.2) is 140 Å². The van der Waals surface area contributed by atoms with Gasteiger partial charge in [-0.15, -0.1) is 0 Å². The van der Waals surface area contributed by atoms with E-state index in [1.165, 1.54) is 32.3 Å². The van der Waals surface area contributed by atoms with E-state index >= 15 is 0 Å². The molecule has 9 rings (SSSR count). The zero-order valence-corrected chi connectivity index (χ0v) is 22.1. The van der Waals surface area contributed by atoms with Gasteiger partial charge in [-0.25, -0.2) is 9.97 Å². The highest BCUT2D eigenvalue weighted by Gasteiger charge is 2.16. The molecule has 3 heterocycles. The average Bonchev–Trinajstić information content (AvgIpc) is 3.44. The van der Waals surface area contributed by atoms with Crippen LogP contribution in [-0.4, -0.2) is 14.4 Å². The maximum atomic E-state index is 5.14. The molecule has 3 heteroatoms. The molecule has 190 valence electrons. The van der Waals surface area contributed by atoms with Gasteiger partial charge in [-0.2, -0.15) is 0 Å². The third kappa shape index (κ3) is 3.39. The summed E-state index contributed by atoms with van der Waals surface area (Å²) in [5, 5.41) is 8.49. The van der Waals surface area contributed by atoms with E-state index in [1.54, 1.807) is 0 Å². The topological polar surface area (TPSA) is 30.2 Å². The summed E-state index contributed by atoms with van der Waals surface area (Å²) < 4.78 is 2.32. The lowest BCUT2D eigenvalue weighted by molar-refractivity contribution is 1.30. The van der Waals surface area contributed by atoms with Crippen molar-refractivity contribution < 1.29 is 0 Å². The summed E-state index contributed by atoms with van der Waals surface area (Å²) in [6, 6.07) is 49.6. The number of aromatic nitrogens is 3. The van der Waals surface area contributed by atoms with Gasteiger partial charge in [0.05, 0.1) is 27.9 Å². The summed E-state index contributed by atoms with van der Waals surface area (Å²) in [6.07, 6.45) is 0. The van der Waals surface area contributed by atoms with Gasteiger partial charge in [-0.3, -0.25) is 4.40 Å². The number of pyridine rings is 2. The number of rotatable bonds is 2. The van der Waals surface area contributed by atoms with Gasteiger partial charge in [0.2, 0.25) is 0 Å². The van der Waals surface area contributed by atoms with Crippen molar-refractivity contribution in [3.63, 3.8) is 0 Å². The van der Waals surface area contributed by atoms with E-state index in [2.05, 4.69) is 144 Å². The van der Waals surface area contributed by atoms with Gasteiger partial charge in [0.25, 0.3) is 0 Å². The van der Waals surface area contributed by atoms with E-state index in [0.717, 1.165) is 50.1 Å². The molecule has 0 N–H and O–H groups in total. The first-order chi connectivity index (χ1) is 20.3. The molecule has 0 amide bonds. The molecule has 9 aromatic rings. The minimum absolute atomic E-state index is 0.953. The van der Waals surface area contributed by atoms with Crippen LogP contribution in [0.5, 0.6) is 0 Å². The van der Waals surface area contributed by atoms with E-state index < -0.39 is 0 Å². The fourth-order valence-corrected chi connectivity index (χ4v) is 6.31. The highest BCUT2D eigenvalue weighted by Crippen LogP contribution is 2.36. The Kier molecular flexibility index (Phi) is 4.61. The monoisotopic (exact) mass is 521 g/mol. The molecule has 0 unspecified atom stereocenters. The molecule has 0 spiro atoms. The number of nitrogens with zero attached hydrogens (tertiary/aromatic N) is 3. The van der Waals surface area contributed by atoms with E-state index in [1.807, 2.05) is 0 Å². The fraction of sp³-hybridized carbons (Fsp3) is 0. The van der Waals surface area contributed by atoms with Crippen molar-refractivity contribution in [3.8, 4) is 22.5 Å². The van der Waals surface area contributed by atoms with Crippen molar-refractivity contribution in [2.24, 2.45) is 0 Å². The Labute approximate surface area is 236 Å². The van der Waals surface area contributed by atoms with Crippen molar-refractivity contribution in [1.82, 2.24) is 14.4 Å². The van der Waals surface area contributed by atoms with Gasteiger partial charge in [-0.1, -0.05) is 91.0 Å². The Hall–Kier alpha value is -5.54. The van der Waals surface area contributed by atoms with Crippen molar-refractivity contribution in [2.75, 3.05) is 0 Å². The fourth-order valence-electron chi connectivity index (χ4n) is 6.31. The molecule has 0 atom stereocenters. The lowest BCUT2D eigenvalue weighted by Gasteiger charge is -2.12. The van der Waals surface area contributed by atoms with Gasteiger partial charge in [-0.05, 0) is 75.5 Å². The SMILES string of the molecule is c1cc(-c2ccc3ccccc3c2)nc(-c2ccc3c4cc5ccccc5cc4c4nc5ccccc5n4c3c2)c1. The Morgan fingerprint density at radius 1 is 0.390 bits per heavy atom. The van der Waals surface area contributed by atoms with Crippen LogP contribution in [0.1, 0.15) is 0 Å². The lowest BCUT2D eigenvalue weighted by Crippen LogP contribution is -1.94. The van der Waals surface area contributed by atoms with Gasteiger partial charge in [0.15, 0.2) is 0 Å². The van der Waals surface area contributed by atoms with Crippen molar-refractivity contribution in [3.05, 3.63) is 140 Å². The summed E-state index contributed by atoms with van der Waals surface area (Å²) >= 11 is 0. The van der Waals surface area contributed by atoms with Gasteiger partial charge in [0.1, 0.15) is 5.65 Å². The van der Waals surface area contributed by atoms with E-state index in [-0.39, 0.29) is 0 Å². The van der Waals surface area contributed by atoms with E-state index in [0.29, 0.717) is 0 Å². The van der Waals surface area contributed by atoms with Crippen molar-refractivity contribution in [1.29, 1.82) is 0 Å². The molecule has 0 bridgehead atoms. The molecule has 0 aliphatic heterocycles. The second kappa shape index (κ2) is 8.48. The number of benzene rings is 6. The number of hydrogen-bond acceptors (Lipinski definition) is 2. The number of hydrogen-bond donors (Lipinski definition) is 0. The second-order valence-electron chi connectivity index (χ2n) is 10.7. The predicted molar refractivity (Wildman–Crippen MR) is 171 cm³/mol. The highest BCUT2D eigenvalue weighted by molar-refractivity contribution is 6.17. The lowest BCUT2D eigenvalue weighted by atomic mass is 9.99. The molecule has 0 saturated carbocycles. The molecule has 0 radical (unpaired) electrons. The normalized spacial score (nSPS) is 11.9. The number of para-hydroxylation sites is 2. The molecular formula is C38H23N3. The quantitative estimate of drug-likeness (QED) is 0.167. The molecule has 6 aromatic carbocycles. The van der Waals surface area contributed by atoms with Crippen LogP contribution >= 0.6 is 0 Å². The van der Waals surface area contributed by atoms with Crippen LogP contribution in [0.25, 0.3) is 82.4 Å². The zero-order valence-electron chi connectivity index (χ0n) is 22.1. The number of fused-ring (bicyclic) bond motifs is 10. The Bertz CT molecular complexity index is 2490. The minimum Gasteiger partial charge on any atom is -0.292 e. The Balaban J connectivity index is 1.31. The van der Waals surface area contributed by atoms with Crippen LogP contribution in [-0.2, 0) is 0 Å². The summed E-state index contributed by atoms with van der Waals surface area (Å²) in [6.45, 7) is 0. The summed E-state index contributed by atoms with van der Waals surface area (Å²) in [7, 11) is 0. The standard InChI is InChI=1S/C38H23N3/c1-2-9-25-20-28(17-16-24(25)8-1)33-13-7-14-34(39-33)29-18-19-30-31-21-26-10-3-4-11-27(26)22-32(31)38-40-35-12-5-6-15-36(35)41(38)37(30)23-29/h1-23H. The molecule has 3 nitrogen and oxygen atoms in total. The first-order valence-electron chi connectivity index (χ1n) is 13.9. The molecule has 0 saturated heterocycles. The van der Waals surface area contributed by atoms with E-state index in [9.17, 15) is 0 Å². The van der Waals surface area contributed by atoms with Crippen LogP contribution in [0.2, 0.25) is 0 Å². The first-order valence-corrected chi connectivity index (χ1v) is 13.9. The molecule has 0 fully saturated rings. The summed E-state index contributed by atoms with van der Waals surface area (Å²) in [5.41, 5.74) is 8.34. The average molecular weight is 522 g/mol. The third-order valence-electron chi connectivity index (χ3n) is 8.31. The summed E-state index contributed by atoms with van der Waals surface area (Å²) in [4.78, 5) is 10.3. The van der Waals surface area contributed by atoms with Crippen LogP contribution < -0.4 is 0 Å². The minimum atomic E-state index is 0.953. The Morgan fingerprint density at radius 3 is 1.83 bits per heavy atom. The molecule has 0 aliphatic rings. The smallest absolute Gasteiger partial charge is 0.146 e. The highest BCUT2D eigenvalue weighted by atomic mass is 15.0. The van der Waals surface area contributed by atoms with Crippen molar-refractivity contribution >= 4 is 59.9 Å². The largest absolute Gasteiger partial charge is 0.292 e.